The topological polar surface area (TPSA) is 151 Å². The van der Waals surface area contributed by atoms with Gasteiger partial charge in [0.05, 0.1) is 17.4 Å². The number of pyridine rings is 2. The molecule has 45 heavy (non-hydrogen) atoms. The maximum atomic E-state index is 13.5. The normalized spacial score (nSPS) is 15.5. The van der Waals surface area contributed by atoms with Gasteiger partial charge in [-0.15, -0.1) is 0 Å². The fourth-order valence-corrected chi connectivity index (χ4v) is 6.47. The minimum Gasteiger partial charge on any atom is -0.389 e. The Labute approximate surface area is 262 Å². The smallest absolute Gasteiger partial charge is 0.263 e. The number of fused-ring (bicyclic) bond motifs is 1. The van der Waals surface area contributed by atoms with Gasteiger partial charge in [0.2, 0.25) is 11.9 Å². The number of nitrogens with zero attached hydrogens (tertiary/aromatic N) is 6. The average Bonchev–Trinajstić information content (AvgIpc) is 3.57. The zero-order valence-corrected chi connectivity index (χ0v) is 26.3. The van der Waals surface area contributed by atoms with Crippen molar-refractivity contribution in [2.75, 3.05) is 43.0 Å². The van der Waals surface area contributed by atoms with E-state index in [2.05, 4.69) is 20.2 Å². The summed E-state index contributed by atoms with van der Waals surface area (Å²) in [6, 6.07) is 3.85. The van der Waals surface area contributed by atoms with Crippen molar-refractivity contribution in [2.24, 2.45) is 0 Å². The van der Waals surface area contributed by atoms with Crippen LogP contribution >= 0.6 is 0 Å². The number of amides is 1. The summed E-state index contributed by atoms with van der Waals surface area (Å²) in [6.07, 6.45) is 11.6. The lowest BCUT2D eigenvalue weighted by Gasteiger charge is -2.36. The molecule has 0 spiro atoms. The van der Waals surface area contributed by atoms with Crippen molar-refractivity contribution >= 4 is 46.0 Å². The van der Waals surface area contributed by atoms with Crippen molar-refractivity contribution in [1.29, 1.82) is 0 Å². The second kappa shape index (κ2) is 14.7. The van der Waals surface area contributed by atoms with Gasteiger partial charge in [0.1, 0.15) is 18.1 Å². The summed E-state index contributed by atoms with van der Waals surface area (Å²) in [6.45, 7) is 5.57. The van der Waals surface area contributed by atoms with E-state index < -0.39 is 6.61 Å². The molecule has 12 heteroatoms. The highest BCUT2D eigenvalue weighted by Crippen LogP contribution is 2.32. The Morgan fingerprint density at radius 2 is 1.67 bits per heavy atom. The number of aryl methyl sites for hydroxylation is 1. The van der Waals surface area contributed by atoms with E-state index in [0.29, 0.717) is 54.3 Å². The van der Waals surface area contributed by atoms with E-state index in [1.54, 1.807) is 23.9 Å². The Hall–Kier alpha value is -4.19. The molecule has 2 aliphatic rings. The molecule has 2 N–H and O–H groups in total. The van der Waals surface area contributed by atoms with Crippen molar-refractivity contribution < 1.29 is 19.5 Å². The van der Waals surface area contributed by atoms with Gasteiger partial charge in [-0.25, -0.2) is 9.97 Å². The highest BCUT2D eigenvalue weighted by atomic mass is 16.3. The highest BCUT2D eigenvalue weighted by Gasteiger charge is 2.26. The molecular weight excluding hydrogens is 574 g/mol. The molecular formula is C33H43N7O5. The number of carbonyl (C=O) groups excluding carboxylic acids is 3. The van der Waals surface area contributed by atoms with Gasteiger partial charge in [0.15, 0.2) is 11.6 Å². The molecule has 1 saturated heterocycles. The number of Topliss-reactive ketones (excluding diaryl/α,β-unsaturated/α-hetero) is 2. The SMILES string of the molecule is CC(=O)c1c(C)c2cnc(Nc3ccc(N4CCN(C(=O)CCCCCCC(=O)CO)CC4)cn3)nc2n(C2CCCC2)c1=O. The molecule has 5 rings (SSSR count). The van der Waals surface area contributed by atoms with Crippen LogP contribution in [0.5, 0.6) is 0 Å². The number of piperazine rings is 1. The maximum Gasteiger partial charge on any atom is 0.263 e. The molecule has 0 unspecified atom stereocenters. The van der Waals surface area contributed by atoms with Crippen LogP contribution in [0.15, 0.2) is 29.3 Å². The molecule has 4 heterocycles. The first-order valence-electron chi connectivity index (χ1n) is 16.1. The molecule has 1 aliphatic carbocycles. The number of ketones is 2. The molecule has 0 atom stereocenters. The van der Waals surface area contributed by atoms with E-state index >= 15 is 0 Å². The predicted molar refractivity (Wildman–Crippen MR) is 172 cm³/mol. The van der Waals surface area contributed by atoms with E-state index in [1.807, 2.05) is 17.0 Å². The molecule has 1 saturated carbocycles. The van der Waals surface area contributed by atoms with Crippen LogP contribution in [0.3, 0.4) is 0 Å². The molecule has 12 nitrogen and oxygen atoms in total. The number of hydrogen-bond acceptors (Lipinski definition) is 10. The molecule has 240 valence electrons. The van der Waals surface area contributed by atoms with Crippen molar-refractivity contribution in [3.63, 3.8) is 0 Å². The molecule has 2 fully saturated rings. The largest absolute Gasteiger partial charge is 0.389 e. The monoisotopic (exact) mass is 617 g/mol. The zero-order valence-electron chi connectivity index (χ0n) is 26.3. The predicted octanol–water partition coefficient (Wildman–Crippen LogP) is 4.11. The van der Waals surface area contributed by atoms with Crippen molar-refractivity contribution in [3.05, 3.63) is 46.0 Å². The maximum absolute atomic E-state index is 13.5. The van der Waals surface area contributed by atoms with Crippen molar-refractivity contribution in [2.45, 2.75) is 84.1 Å². The van der Waals surface area contributed by atoms with Crippen LogP contribution in [0.4, 0.5) is 17.5 Å². The number of unbranched alkanes of at least 4 members (excludes halogenated alkanes) is 3. The van der Waals surface area contributed by atoms with Crippen molar-refractivity contribution in [1.82, 2.24) is 24.4 Å². The number of anilines is 3. The summed E-state index contributed by atoms with van der Waals surface area (Å²) in [5.74, 6) is 0.689. The summed E-state index contributed by atoms with van der Waals surface area (Å²) in [4.78, 5) is 67.6. The minimum absolute atomic E-state index is 0.00972. The fourth-order valence-electron chi connectivity index (χ4n) is 6.47. The molecule has 3 aromatic heterocycles. The third kappa shape index (κ3) is 7.55. The average molecular weight is 618 g/mol. The van der Waals surface area contributed by atoms with Gasteiger partial charge in [0, 0.05) is 56.6 Å². The lowest BCUT2D eigenvalue weighted by atomic mass is 10.0. The van der Waals surface area contributed by atoms with Gasteiger partial charge in [-0.3, -0.25) is 23.7 Å². The van der Waals surface area contributed by atoms with Gasteiger partial charge in [-0.05, 0) is 57.2 Å². The number of aliphatic hydroxyl groups is 1. The van der Waals surface area contributed by atoms with Crippen LogP contribution < -0.4 is 15.8 Å². The summed E-state index contributed by atoms with van der Waals surface area (Å²) >= 11 is 0. The van der Waals surface area contributed by atoms with Crippen LogP contribution in [0.1, 0.15) is 93.1 Å². The van der Waals surface area contributed by atoms with Gasteiger partial charge in [-0.1, -0.05) is 25.7 Å². The van der Waals surface area contributed by atoms with Gasteiger partial charge >= 0.3 is 0 Å². The first kappa shape index (κ1) is 32.2. The van der Waals surface area contributed by atoms with E-state index in [1.165, 1.54) is 6.92 Å². The molecule has 3 aromatic rings. The summed E-state index contributed by atoms with van der Waals surface area (Å²) < 4.78 is 1.70. The van der Waals surface area contributed by atoms with Crippen LogP contribution in [0, 0.1) is 6.92 Å². The summed E-state index contributed by atoms with van der Waals surface area (Å²) in [5, 5.41) is 12.6. The Balaban J connectivity index is 1.18. The molecule has 1 aliphatic heterocycles. The highest BCUT2D eigenvalue weighted by molar-refractivity contribution is 5.99. The van der Waals surface area contributed by atoms with Gasteiger partial charge in [0.25, 0.3) is 5.56 Å². The van der Waals surface area contributed by atoms with Crippen LogP contribution in [0.25, 0.3) is 11.0 Å². The Morgan fingerprint density at radius 1 is 0.956 bits per heavy atom. The fraction of sp³-hybridized carbons (Fsp3) is 0.545. The van der Waals surface area contributed by atoms with Gasteiger partial charge in [-0.2, -0.15) is 4.98 Å². The summed E-state index contributed by atoms with van der Waals surface area (Å²) in [7, 11) is 0. The van der Waals surface area contributed by atoms with Crippen LogP contribution in [0.2, 0.25) is 0 Å². The lowest BCUT2D eigenvalue weighted by Crippen LogP contribution is -2.48. The second-order valence-corrected chi connectivity index (χ2v) is 12.1. The number of nitrogens with one attached hydrogen (secondary N) is 1. The van der Waals surface area contributed by atoms with E-state index in [0.717, 1.165) is 70.1 Å². The van der Waals surface area contributed by atoms with Crippen LogP contribution in [-0.4, -0.2) is 79.8 Å². The number of hydrogen-bond donors (Lipinski definition) is 2. The van der Waals surface area contributed by atoms with E-state index in [-0.39, 0.29) is 34.6 Å². The van der Waals surface area contributed by atoms with Gasteiger partial charge < -0.3 is 20.2 Å². The number of carbonyl (C=O) groups is 3. The number of rotatable bonds is 13. The number of aliphatic hydroxyl groups excluding tert-OH is 1. The molecule has 0 radical (unpaired) electrons. The third-order valence-corrected chi connectivity index (χ3v) is 9.01. The Kier molecular flexibility index (Phi) is 10.5. The lowest BCUT2D eigenvalue weighted by molar-refractivity contribution is -0.131. The Morgan fingerprint density at radius 3 is 2.31 bits per heavy atom. The zero-order chi connectivity index (χ0) is 31.9. The quantitative estimate of drug-likeness (QED) is 0.212. The third-order valence-electron chi connectivity index (χ3n) is 9.01. The number of aromatic nitrogens is 4. The standard InChI is InChI=1S/C33H43N7O5/c1-22-27-20-35-33(37-31(27)40(24-9-7-8-10-24)32(45)30(22)23(2)42)36-28-14-13-25(19-34-28)38-15-17-39(18-16-38)29(44)12-6-4-3-5-11-26(43)21-41/h13-14,19-20,24,41H,3-12,15-18,21H2,1-2H3,(H,34,35,36,37). The summed E-state index contributed by atoms with van der Waals surface area (Å²) in [5.41, 5.74) is 2.04. The minimum atomic E-state index is -0.391. The molecule has 1 amide bonds. The Bertz CT molecular complexity index is 1590. The second-order valence-electron chi connectivity index (χ2n) is 12.1. The molecule has 0 aromatic carbocycles. The van der Waals surface area contributed by atoms with Crippen LogP contribution in [-0.2, 0) is 9.59 Å². The van der Waals surface area contributed by atoms with Crippen molar-refractivity contribution in [3.8, 4) is 0 Å². The van der Waals surface area contributed by atoms with E-state index in [9.17, 15) is 19.2 Å². The molecule has 0 bridgehead atoms. The first-order valence-corrected chi connectivity index (χ1v) is 16.1. The first-order chi connectivity index (χ1) is 21.8. The van der Waals surface area contributed by atoms with E-state index in [4.69, 9.17) is 10.1 Å².